The molecule has 2 aliphatic rings. The van der Waals surface area contributed by atoms with Gasteiger partial charge in [-0.15, -0.1) is 5.11 Å². The highest BCUT2D eigenvalue weighted by Crippen LogP contribution is 2.52. The number of amides is 1. The molecule has 2 N–H and O–H groups in total. The summed E-state index contributed by atoms with van der Waals surface area (Å²) in [6.07, 6.45) is 0.00308. The summed E-state index contributed by atoms with van der Waals surface area (Å²) in [7, 11) is 0. The van der Waals surface area contributed by atoms with Gasteiger partial charge in [0.05, 0.1) is 11.1 Å². The second kappa shape index (κ2) is 9.64. The average Bonchev–Trinajstić information content (AvgIpc) is 3.60. The van der Waals surface area contributed by atoms with Crippen molar-refractivity contribution < 1.29 is 28.2 Å². The van der Waals surface area contributed by atoms with Crippen LogP contribution in [0.4, 0.5) is 13.6 Å². The summed E-state index contributed by atoms with van der Waals surface area (Å²) in [6, 6.07) is 17.9. The Hall–Kier alpha value is -4.11. The van der Waals surface area contributed by atoms with Gasteiger partial charge in [0.15, 0.2) is 0 Å². The van der Waals surface area contributed by atoms with Crippen LogP contribution in [0, 0.1) is 5.82 Å². The number of alkyl halides is 1. The number of ether oxygens (including phenoxy) is 1. The smallest absolute Gasteiger partial charge is 0.412 e. The minimum Gasteiger partial charge on any atom is -0.481 e. The first-order valence-corrected chi connectivity index (χ1v) is 12.2. The second-order valence-electron chi connectivity index (χ2n) is 9.22. The lowest BCUT2D eigenvalue weighted by atomic mass is 9.87. The summed E-state index contributed by atoms with van der Waals surface area (Å²) in [4.78, 5) is 24.2. The van der Waals surface area contributed by atoms with Gasteiger partial charge in [0.25, 0.3) is 0 Å². The number of nitrogens with one attached hydrogen (secondary N) is 1. The zero-order chi connectivity index (χ0) is 27.1. The van der Waals surface area contributed by atoms with Gasteiger partial charge < -0.3 is 9.84 Å². The third-order valence-electron chi connectivity index (χ3n) is 6.68. The van der Waals surface area contributed by atoms with Crippen LogP contribution < -0.4 is 5.32 Å². The molecule has 1 aliphatic carbocycles. The Bertz CT molecular complexity index is 1490. The molecule has 194 valence electrons. The Morgan fingerprint density at radius 3 is 2.39 bits per heavy atom. The van der Waals surface area contributed by atoms with Crippen molar-refractivity contribution in [2.45, 2.75) is 37.2 Å². The molecule has 5 rings (SSSR count). The van der Waals surface area contributed by atoms with Gasteiger partial charge in [-0.05, 0) is 43.0 Å². The molecule has 0 bridgehead atoms. The van der Waals surface area contributed by atoms with Crippen LogP contribution in [0.1, 0.15) is 42.6 Å². The normalized spacial score (nSPS) is 19.9. The molecular formula is C28H22ClF2N3O4. The molecule has 1 amide bonds. The third-order valence-corrected chi connectivity index (χ3v) is 7.02. The van der Waals surface area contributed by atoms with E-state index in [9.17, 15) is 19.1 Å². The maximum Gasteiger partial charge on any atom is 0.412 e. The molecule has 0 saturated heterocycles. The van der Waals surface area contributed by atoms with E-state index in [0.717, 1.165) is 6.08 Å². The summed E-state index contributed by atoms with van der Waals surface area (Å²) in [5, 5.41) is 19.6. The molecule has 0 radical (unpaired) electrons. The summed E-state index contributed by atoms with van der Waals surface area (Å²) >= 11 is 6.12. The second-order valence-corrected chi connectivity index (χ2v) is 9.63. The fraction of sp³-hybridized carbons (Fsp3) is 0.214. The van der Waals surface area contributed by atoms with Crippen LogP contribution in [0.3, 0.4) is 0 Å². The number of azo groups is 1. The first-order valence-electron chi connectivity index (χ1n) is 11.8. The molecule has 1 fully saturated rings. The molecule has 3 aromatic carbocycles. The highest BCUT2D eigenvalue weighted by Gasteiger charge is 2.54. The Labute approximate surface area is 221 Å². The first kappa shape index (κ1) is 25.5. The lowest BCUT2D eigenvalue weighted by Crippen LogP contribution is -2.41. The topological polar surface area (TPSA) is 100 Å². The van der Waals surface area contributed by atoms with Crippen LogP contribution >= 0.6 is 11.6 Å². The Morgan fingerprint density at radius 1 is 1.05 bits per heavy atom. The standard InChI is InChI=1S/C28H22ClF2N3O4/c1-16(19-5-2-3-7-21(19)29)38-26(37)32-28(31)15-23(33-34-28)18-11-9-17(10-12-18)20-6-4-8-22(30)24(20)27(13-14-27)25(35)36/h2-12,15-16H,13-14H2,1H3,(H,32,37)(H,35,36)/t16?,28-/m1/s1. The lowest BCUT2D eigenvalue weighted by Gasteiger charge is -2.18. The molecule has 1 aliphatic heterocycles. The predicted molar refractivity (Wildman–Crippen MR) is 137 cm³/mol. The summed E-state index contributed by atoms with van der Waals surface area (Å²) < 4.78 is 35.2. The SMILES string of the molecule is CC(OC(=O)N[C@]1(F)C=C(c2ccc(-c3cccc(F)c3C3(C(=O)O)CC3)cc2)N=N1)c1ccccc1Cl. The fourth-order valence-electron chi connectivity index (χ4n) is 4.54. The number of benzene rings is 3. The van der Waals surface area contributed by atoms with E-state index in [1.807, 2.05) is 0 Å². The van der Waals surface area contributed by atoms with Crippen LogP contribution in [0.5, 0.6) is 0 Å². The highest BCUT2D eigenvalue weighted by molar-refractivity contribution is 6.31. The Balaban J connectivity index is 1.32. The van der Waals surface area contributed by atoms with Crippen molar-refractivity contribution in [2.75, 3.05) is 0 Å². The van der Waals surface area contributed by atoms with Gasteiger partial charge in [-0.3, -0.25) is 10.1 Å². The number of carboxylic acids is 1. The number of rotatable bonds is 7. The van der Waals surface area contributed by atoms with E-state index in [1.165, 1.54) is 12.1 Å². The zero-order valence-corrected chi connectivity index (χ0v) is 20.9. The molecule has 1 saturated carbocycles. The summed E-state index contributed by atoms with van der Waals surface area (Å²) in [5.74, 6) is -4.23. The number of hydrogen-bond donors (Lipinski definition) is 2. The molecule has 0 spiro atoms. The van der Waals surface area contributed by atoms with E-state index in [1.54, 1.807) is 61.5 Å². The number of hydrogen-bond acceptors (Lipinski definition) is 5. The van der Waals surface area contributed by atoms with Crippen LogP contribution in [0.2, 0.25) is 5.02 Å². The van der Waals surface area contributed by atoms with E-state index >= 15 is 4.39 Å². The molecule has 1 heterocycles. The molecule has 3 aromatic rings. The Kier molecular flexibility index (Phi) is 6.48. The van der Waals surface area contributed by atoms with Crippen LogP contribution in [0.15, 0.2) is 83.0 Å². The van der Waals surface area contributed by atoms with Gasteiger partial charge in [-0.1, -0.05) is 66.2 Å². The number of alkyl carbamates (subject to hydrolysis) is 1. The summed E-state index contributed by atoms with van der Waals surface area (Å²) in [5.41, 5.74) is 1.26. The Morgan fingerprint density at radius 2 is 1.74 bits per heavy atom. The van der Waals surface area contributed by atoms with Crippen LogP contribution in [0.25, 0.3) is 16.8 Å². The third kappa shape index (κ3) is 4.77. The van der Waals surface area contributed by atoms with Crippen LogP contribution in [-0.2, 0) is 14.9 Å². The van der Waals surface area contributed by atoms with Gasteiger partial charge in [-0.2, -0.15) is 9.50 Å². The molecule has 7 nitrogen and oxygen atoms in total. The van der Waals surface area contributed by atoms with Gasteiger partial charge in [0.1, 0.15) is 11.9 Å². The number of carbonyl (C=O) groups is 2. The zero-order valence-electron chi connectivity index (χ0n) is 20.1. The minimum absolute atomic E-state index is 0.163. The minimum atomic E-state index is -2.61. The largest absolute Gasteiger partial charge is 0.481 e. The van der Waals surface area contributed by atoms with Gasteiger partial charge in [0, 0.05) is 27.8 Å². The number of nitrogens with zero attached hydrogens (tertiary/aromatic N) is 2. The van der Waals surface area contributed by atoms with E-state index in [-0.39, 0.29) is 11.3 Å². The van der Waals surface area contributed by atoms with E-state index in [2.05, 4.69) is 15.5 Å². The number of carbonyl (C=O) groups excluding carboxylic acids is 1. The molecule has 38 heavy (non-hydrogen) atoms. The fourth-order valence-corrected chi connectivity index (χ4v) is 4.83. The highest BCUT2D eigenvalue weighted by atomic mass is 35.5. The van der Waals surface area contributed by atoms with Crippen molar-refractivity contribution in [3.05, 3.63) is 100 Å². The maximum atomic E-state index is 15.2. The number of halogens is 3. The summed E-state index contributed by atoms with van der Waals surface area (Å²) in [6.45, 7) is 1.61. The quantitative estimate of drug-likeness (QED) is 0.312. The monoisotopic (exact) mass is 537 g/mol. The van der Waals surface area contributed by atoms with Gasteiger partial charge >= 0.3 is 18.0 Å². The first-order chi connectivity index (χ1) is 18.1. The molecule has 0 aromatic heterocycles. The number of carboxylic acid groups (broad SMARTS) is 1. The van der Waals surface area contributed by atoms with Crippen molar-refractivity contribution >= 4 is 29.4 Å². The van der Waals surface area contributed by atoms with Gasteiger partial charge in [-0.25, -0.2) is 9.18 Å². The van der Waals surface area contributed by atoms with E-state index < -0.39 is 35.3 Å². The average molecular weight is 538 g/mol. The van der Waals surface area contributed by atoms with E-state index in [0.29, 0.717) is 40.1 Å². The molecule has 1 unspecified atom stereocenters. The van der Waals surface area contributed by atoms with Crippen molar-refractivity contribution in [3.63, 3.8) is 0 Å². The van der Waals surface area contributed by atoms with Gasteiger partial charge in [0.2, 0.25) is 0 Å². The molecular weight excluding hydrogens is 516 g/mol. The van der Waals surface area contributed by atoms with E-state index in [4.69, 9.17) is 16.3 Å². The van der Waals surface area contributed by atoms with Crippen molar-refractivity contribution in [3.8, 4) is 11.1 Å². The van der Waals surface area contributed by atoms with Crippen molar-refractivity contribution in [1.82, 2.24) is 5.32 Å². The van der Waals surface area contributed by atoms with Crippen molar-refractivity contribution in [1.29, 1.82) is 0 Å². The maximum absolute atomic E-state index is 15.2. The number of aliphatic carboxylic acids is 1. The molecule has 2 atom stereocenters. The predicted octanol–water partition coefficient (Wildman–Crippen LogP) is 7.18. The molecule has 10 heteroatoms. The van der Waals surface area contributed by atoms with Crippen LogP contribution in [-0.4, -0.2) is 23.1 Å². The lowest BCUT2D eigenvalue weighted by molar-refractivity contribution is -0.140. The van der Waals surface area contributed by atoms with Crippen molar-refractivity contribution in [2.24, 2.45) is 10.2 Å².